The summed E-state index contributed by atoms with van der Waals surface area (Å²) in [6.07, 6.45) is 2.00. The number of hydrogen-bond acceptors (Lipinski definition) is 2. The lowest BCUT2D eigenvalue weighted by atomic mass is 10.2. The predicted molar refractivity (Wildman–Crippen MR) is 45.6 cm³/mol. The van der Waals surface area contributed by atoms with Gasteiger partial charge in [0, 0.05) is 6.20 Å². The number of benzene rings is 1. The first-order chi connectivity index (χ1) is 5.47. The van der Waals surface area contributed by atoms with Crippen LogP contribution >= 0.6 is 0 Å². The average molecular weight is 146 g/mol. The van der Waals surface area contributed by atoms with Gasteiger partial charge in [0.05, 0.1) is 12.4 Å². The molecule has 1 aliphatic rings. The molecule has 0 spiro atoms. The van der Waals surface area contributed by atoms with Gasteiger partial charge in [0.2, 0.25) is 0 Å². The molecule has 11 heavy (non-hydrogen) atoms. The fourth-order valence-electron chi connectivity index (χ4n) is 1.15. The van der Waals surface area contributed by atoms with Crippen molar-refractivity contribution in [3.8, 4) is 0 Å². The SMILES string of the molecule is C1=C(c2ccccc2)NCN1. The summed E-state index contributed by atoms with van der Waals surface area (Å²) >= 11 is 0. The lowest BCUT2D eigenvalue weighted by molar-refractivity contribution is 0.843. The molecule has 1 aromatic rings. The lowest BCUT2D eigenvalue weighted by Gasteiger charge is -2.00. The number of rotatable bonds is 1. The summed E-state index contributed by atoms with van der Waals surface area (Å²) in [6, 6.07) is 10.3. The van der Waals surface area contributed by atoms with E-state index in [2.05, 4.69) is 22.8 Å². The van der Waals surface area contributed by atoms with Crippen LogP contribution in [0.4, 0.5) is 0 Å². The third-order valence-electron chi connectivity index (χ3n) is 1.71. The van der Waals surface area contributed by atoms with Gasteiger partial charge in [-0.2, -0.15) is 0 Å². The molecular weight excluding hydrogens is 136 g/mol. The van der Waals surface area contributed by atoms with Gasteiger partial charge >= 0.3 is 0 Å². The zero-order valence-corrected chi connectivity index (χ0v) is 6.17. The molecular formula is C9H10N2. The maximum absolute atomic E-state index is 3.22. The van der Waals surface area contributed by atoms with Crippen LogP contribution in [-0.2, 0) is 0 Å². The maximum Gasteiger partial charge on any atom is 0.0846 e. The van der Waals surface area contributed by atoms with Crippen molar-refractivity contribution < 1.29 is 0 Å². The van der Waals surface area contributed by atoms with Gasteiger partial charge in [0.25, 0.3) is 0 Å². The van der Waals surface area contributed by atoms with E-state index in [4.69, 9.17) is 0 Å². The Morgan fingerprint density at radius 1 is 1.09 bits per heavy atom. The molecule has 0 aliphatic carbocycles. The van der Waals surface area contributed by atoms with Crippen molar-refractivity contribution >= 4 is 5.70 Å². The highest BCUT2D eigenvalue weighted by molar-refractivity contribution is 5.64. The highest BCUT2D eigenvalue weighted by Crippen LogP contribution is 2.10. The molecule has 1 aromatic carbocycles. The smallest absolute Gasteiger partial charge is 0.0846 e. The Bertz CT molecular complexity index is 264. The Morgan fingerprint density at radius 3 is 2.55 bits per heavy atom. The van der Waals surface area contributed by atoms with Crippen LogP contribution in [0.15, 0.2) is 36.5 Å². The van der Waals surface area contributed by atoms with E-state index in [0.29, 0.717) is 0 Å². The van der Waals surface area contributed by atoms with Crippen LogP contribution in [0.5, 0.6) is 0 Å². The molecule has 2 heteroatoms. The topological polar surface area (TPSA) is 24.1 Å². The highest BCUT2D eigenvalue weighted by Gasteiger charge is 2.02. The van der Waals surface area contributed by atoms with Crippen molar-refractivity contribution in [2.24, 2.45) is 0 Å². The number of hydrogen-bond donors (Lipinski definition) is 2. The Hall–Kier alpha value is -1.44. The first-order valence-electron chi connectivity index (χ1n) is 3.70. The van der Waals surface area contributed by atoms with Gasteiger partial charge < -0.3 is 10.6 Å². The quantitative estimate of drug-likeness (QED) is 0.620. The van der Waals surface area contributed by atoms with E-state index in [1.807, 2.05) is 24.4 Å². The molecule has 0 radical (unpaired) electrons. The summed E-state index contributed by atoms with van der Waals surface area (Å²) in [5.41, 5.74) is 2.41. The minimum atomic E-state index is 0.838. The van der Waals surface area contributed by atoms with Crippen molar-refractivity contribution in [3.63, 3.8) is 0 Å². The van der Waals surface area contributed by atoms with Gasteiger partial charge in [-0.25, -0.2) is 0 Å². The van der Waals surface area contributed by atoms with Crippen LogP contribution in [0.2, 0.25) is 0 Å². The fourth-order valence-corrected chi connectivity index (χ4v) is 1.15. The maximum atomic E-state index is 3.22. The van der Waals surface area contributed by atoms with Crippen molar-refractivity contribution in [3.05, 3.63) is 42.1 Å². The second-order valence-corrected chi connectivity index (χ2v) is 2.48. The average Bonchev–Trinajstić information content (AvgIpc) is 2.58. The van der Waals surface area contributed by atoms with Crippen LogP contribution in [0, 0.1) is 0 Å². The minimum Gasteiger partial charge on any atom is -0.372 e. The monoisotopic (exact) mass is 146 g/mol. The minimum absolute atomic E-state index is 0.838. The van der Waals surface area contributed by atoms with Crippen molar-refractivity contribution in [1.29, 1.82) is 0 Å². The van der Waals surface area contributed by atoms with Crippen LogP contribution in [0.3, 0.4) is 0 Å². The second kappa shape index (κ2) is 2.66. The molecule has 0 saturated heterocycles. The Labute approximate surface area is 65.9 Å². The molecule has 0 amide bonds. The Balaban J connectivity index is 2.29. The molecule has 1 aliphatic heterocycles. The van der Waals surface area contributed by atoms with Crippen LogP contribution < -0.4 is 10.6 Å². The van der Waals surface area contributed by atoms with Crippen molar-refractivity contribution in [2.75, 3.05) is 6.67 Å². The molecule has 2 rings (SSSR count). The lowest BCUT2D eigenvalue weighted by Crippen LogP contribution is -2.13. The molecule has 0 unspecified atom stereocenters. The first kappa shape index (κ1) is 6.28. The van der Waals surface area contributed by atoms with Gasteiger partial charge in [0.15, 0.2) is 0 Å². The normalized spacial score (nSPS) is 15.1. The zero-order chi connectivity index (χ0) is 7.52. The third-order valence-corrected chi connectivity index (χ3v) is 1.71. The summed E-state index contributed by atoms with van der Waals surface area (Å²) in [5.74, 6) is 0. The fraction of sp³-hybridized carbons (Fsp3) is 0.111. The second-order valence-electron chi connectivity index (χ2n) is 2.48. The Kier molecular flexibility index (Phi) is 1.52. The molecule has 0 bridgehead atoms. The number of nitrogens with one attached hydrogen (secondary N) is 2. The molecule has 2 N–H and O–H groups in total. The molecule has 56 valence electrons. The van der Waals surface area contributed by atoms with Crippen molar-refractivity contribution in [2.45, 2.75) is 0 Å². The van der Waals surface area contributed by atoms with E-state index in [0.717, 1.165) is 6.67 Å². The predicted octanol–water partition coefficient (Wildman–Crippen LogP) is 1.14. The van der Waals surface area contributed by atoms with E-state index < -0.39 is 0 Å². The van der Waals surface area contributed by atoms with Crippen LogP contribution in [0.1, 0.15) is 5.56 Å². The molecule has 0 atom stereocenters. The van der Waals surface area contributed by atoms with Crippen molar-refractivity contribution in [1.82, 2.24) is 10.6 Å². The largest absolute Gasteiger partial charge is 0.372 e. The van der Waals surface area contributed by atoms with Gasteiger partial charge in [0.1, 0.15) is 0 Å². The van der Waals surface area contributed by atoms with E-state index in [-0.39, 0.29) is 0 Å². The highest BCUT2D eigenvalue weighted by atomic mass is 15.1. The Morgan fingerprint density at radius 2 is 1.91 bits per heavy atom. The molecule has 0 fully saturated rings. The van der Waals surface area contributed by atoms with E-state index in [1.165, 1.54) is 11.3 Å². The van der Waals surface area contributed by atoms with Crippen LogP contribution in [-0.4, -0.2) is 6.67 Å². The summed E-state index contributed by atoms with van der Waals surface area (Å²) in [5, 5.41) is 6.32. The van der Waals surface area contributed by atoms with Gasteiger partial charge in [-0.05, 0) is 5.56 Å². The summed E-state index contributed by atoms with van der Waals surface area (Å²) in [6.45, 7) is 0.838. The third kappa shape index (κ3) is 1.19. The molecule has 2 nitrogen and oxygen atoms in total. The standard InChI is InChI=1S/C9H10N2/c1-2-4-8(5-3-1)9-6-10-7-11-9/h1-6,10-11H,7H2. The molecule has 0 aromatic heterocycles. The summed E-state index contributed by atoms with van der Waals surface area (Å²) in [7, 11) is 0. The molecule has 0 saturated carbocycles. The van der Waals surface area contributed by atoms with Gasteiger partial charge in [-0.1, -0.05) is 30.3 Å². The van der Waals surface area contributed by atoms with E-state index in [9.17, 15) is 0 Å². The van der Waals surface area contributed by atoms with E-state index >= 15 is 0 Å². The van der Waals surface area contributed by atoms with Crippen LogP contribution in [0.25, 0.3) is 5.70 Å². The summed E-state index contributed by atoms with van der Waals surface area (Å²) in [4.78, 5) is 0. The summed E-state index contributed by atoms with van der Waals surface area (Å²) < 4.78 is 0. The zero-order valence-electron chi connectivity index (χ0n) is 6.17. The van der Waals surface area contributed by atoms with E-state index in [1.54, 1.807) is 0 Å². The first-order valence-corrected chi connectivity index (χ1v) is 3.70. The van der Waals surface area contributed by atoms with Gasteiger partial charge in [-0.3, -0.25) is 0 Å². The van der Waals surface area contributed by atoms with Gasteiger partial charge in [-0.15, -0.1) is 0 Å². The molecule has 1 heterocycles.